The van der Waals surface area contributed by atoms with Gasteiger partial charge in [-0.1, -0.05) is 48.5 Å². The maximum Gasteiger partial charge on any atom is 0.418 e. The smallest absolute Gasteiger partial charge is 0.222 e. The van der Waals surface area contributed by atoms with E-state index in [1.165, 1.54) is 21.0 Å². The van der Waals surface area contributed by atoms with E-state index < -0.39 is 10.2 Å². The van der Waals surface area contributed by atoms with Crippen molar-refractivity contribution in [2.24, 2.45) is 0 Å². The van der Waals surface area contributed by atoms with Crippen LogP contribution in [-0.2, 0) is 0 Å². The Hall–Kier alpha value is -2.06. The van der Waals surface area contributed by atoms with Crippen molar-refractivity contribution in [1.29, 1.82) is 0 Å². The molecule has 0 aliphatic rings. The molecule has 0 aliphatic heterocycles. The first-order chi connectivity index (χ1) is 11.4. The lowest BCUT2D eigenvalue weighted by Gasteiger charge is -2.17. The Morgan fingerprint density at radius 3 is 2.12 bits per heavy atom. The van der Waals surface area contributed by atoms with Crippen molar-refractivity contribution in [2.75, 3.05) is 0 Å². The van der Waals surface area contributed by atoms with Crippen LogP contribution in [0.5, 0.6) is 0 Å². The van der Waals surface area contributed by atoms with Gasteiger partial charge in [0.25, 0.3) is 0 Å². The molecule has 122 valence electrons. The van der Waals surface area contributed by atoms with Crippen molar-refractivity contribution in [3.63, 3.8) is 0 Å². The van der Waals surface area contributed by atoms with Crippen LogP contribution < -0.4 is 18.6 Å². The lowest BCUT2D eigenvalue weighted by atomic mass is 10.1. The summed E-state index contributed by atoms with van der Waals surface area (Å²) in [5, 5.41) is 3.45. The number of benzene rings is 3. The first-order valence-electron chi connectivity index (χ1n) is 6.83. The van der Waals surface area contributed by atoms with Crippen molar-refractivity contribution in [2.45, 2.75) is 0 Å². The van der Waals surface area contributed by atoms with Crippen molar-refractivity contribution < 1.29 is 33.3 Å². The van der Waals surface area contributed by atoms with Gasteiger partial charge in [0, 0.05) is 6.07 Å². The maximum atomic E-state index is 8.49. The van der Waals surface area contributed by atoms with Crippen LogP contribution in [0.1, 0.15) is 0 Å². The first kappa shape index (κ1) is 16.8. The number of hydrogen-bond donors (Lipinski definition) is 0. The summed E-state index contributed by atoms with van der Waals surface area (Å²) in [5.74, 6) is 0. The lowest BCUT2D eigenvalue weighted by Crippen LogP contribution is -2.68. The Labute approximate surface area is 143 Å². The van der Waals surface area contributed by atoms with E-state index in [0.29, 0.717) is 0 Å². The zero-order valence-corrected chi connectivity index (χ0v) is 13.8. The summed E-state index contributed by atoms with van der Waals surface area (Å²) in [6, 6.07) is 22.9. The van der Waals surface area contributed by atoms with Crippen LogP contribution in [0.15, 0.2) is 71.1 Å². The maximum absolute atomic E-state index is 8.49. The molecule has 0 amide bonds. The SMILES string of the molecule is [O-][Cl+3]([O-])([O-])[O-].c1ccc2c(-c3[o+]c4ccccc4s3)cccc2c1. The molecule has 1 aromatic heterocycles. The summed E-state index contributed by atoms with van der Waals surface area (Å²) in [7, 11) is -4.94. The van der Waals surface area contributed by atoms with Gasteiger partial charge in [0.05, 0.1) is 5.56 Å². The fourth-order valence-corrected chi connectivity index (χ4v) is 3.33. The van der Waals surface area contributed by atoms with E-state index in [9.17, 15) is 0 Å². The predicted molar refractivity (Wildman–Crippen MR) is 81.4 cm³/mol. The number of halogens is 1. The summed E-state index contributed by atoms with van der Waals surface area (Å²) >= 11 is 1.70. The molecule has 0 unspecified atom stereocenters. The van der Waals surface area contributed by atoms with Crippen LogP contribution in [0.2, 0.25) is 0 Å². The molecule has 0 radical (unpaired) electrons. The van der Waals surface area contributed by atoms with Crippen molar-refractivity contribution in [1.82, 2.24) is 0 Å². The van der Waals surface area contributed by atoms with Crippen LogP contribution >= 0.6 is 11.3 Å². The number of fused-ring (bicyclic) bond motifs is 2. The van der Waals surface area contributed by atoms with Gasteiger partial charge in [-0.05, 0) is 34.2 Å². The third-order valence-electron chi connectivity index (χ3n) is 3.26. The Kier molecular flexibility index (Phi) is 4.77. The molecule has 0 saturated carbocycles. The molecule has 0 atom stereocenters. The van der Waals surface area contributed by atoms with Gasteiger partial charge in [0.15, 0.2) is 0 Å². The van der Waals surface area contributed by atoms with Crippen LogP contribution in [0, 0.1) is 10.2 Å². The highest BCUT2D eigenvalue weighted by molar-refractivity contribution is 7.21. The second-order valence-corrected chi connectivity index (χ2v) is 6.61. The standard InChI is InChI=1S/C17H11OS.ClHO4/c1-2-8-13-12(6-1)7-5-9-14(13)17-18-15-10-3-4-11-16(15)19-17;2-1(3,4)5/h1-11H;(H,2,3,4,5)/q+1;/p-1. The highest BCUT2D eigenvalue weighted by Crippen LogP contribution is 2.36. The van der Waals surface area contributed by atoms with Crippen LogP contribution in [-0.4, -0.2) is 0 Å². The molecule has 4 rings (SSSR count). The van der Waals surface area contributed by atoms with Gasteiger partial charge in [-0.2, -0.15) is 4.42 Å². The third-order valence-corrected chi connectivity index (χ3v) is 4.31. The van der Waals surface area contributed by atoms with E-state index in [1.807, 2.05) is 18.2 Å². The molecule has 0 aliphatic carbocycles. The molecule has 0 fully saturated rings. The van der Waals surface area contributed by atoms with Crippen LogP contribution in [0.4, 0.5) is 0 Å². The normalized spacial score (nSPS) is 11.3. The van der Waals surface area contributed by atoms with E-state index in [1.54, 1.807) is 11.3 Å². The summed E-state index contributed by atoms with van der Waals surface area (Å²) in [5.41, 5.74) is 2.12. The largest absolute Gasteiger partial charge is 0.418 e. The summed E-state index contributed by atoms with van der Waals surface area (Å²) < 4.78 is 41.1. The van der Waals surface area contributed by atoms with Crippen LogP contribution in [0.25, 0.3) is 31.7 Å². The van der Waals surface area contributed by atoms with E-state index in [2.05, 4.69) is 48.5 Å². The number of hydrogen-bond acceptors (Lipinski definition) is 5. The zero-order valence-electron chi connectivity index (χ0n) is 12.2. The predicted octanol–water partition coefficient (Wildman–Crippen LogP) is 0.840. The highest BCUT2D eigenvalue weighted by atomic mass is 35.7. The third kappa shape index (κ3) is 4.07. The molecule has 0 saturated heterocycles. The topological polar surface area (TPSA) is 104 Å². The molecule has 1 heterocycles. The van der Waals surface area contributed by atoms with E-state index in [4.69, 9.17) is 23.1 Å². The zero-order chi connectivity index (χ0) is 17.2. The second-order valence-electron chi connectivity index (χ2n) is 4.84. The molecule has 0 N–H and O–H groups in total. The molecule has 7 heteroatoms. The van der Waals surface area contributed by atoms with Gasteiger partial charge in [-0.25, -0.2) is 18.6 Å². The van der Waals surface area contributed by atoms with E-state index in [-0.39, 0.29) is 0 Å². The second kappa shape index (κ2) is 6.82. The minimum Gasteiger partial charge on any atom is -0.222 e. The number of para-hydroxylation sites is 1. The van der Waals surface area contributed by atoms with Crippen LogP contribution in [0.3, 0.4) is 0 Å². The van der Waals surface area contributed by atoms with Gasteiger partial charge in [0.2, 0.25) is 0 Å². The van der Waals surface area contributed by atoms with Gasteiger partial charge in [-0.15, -0.1) is 10.2 Å². The summed E-state index contributed by atoms with van der Waals surface area (Å²) in [6.45, 7) is 0. The Morgan fingerprint density at radius 1 is 0.750 bits per heavy atom. The fourth-order valence-electron chi connectivity index (χ4n) is 2.35. The minimum atomic E-state index is -4.94. The summed E-state index contributed by atoms with van der Waals surface area (Å²) in [4.78, 5) is 0. The summed E-state index contributed by atoms with van der Waals surface area (Å²) in [6.07, 6.45) is 0. The average Bonchev–Trinajstić information content (AvgIpc) is 2.96. The molecule has 0 spiro atoms. The highest BCUT2D eigenvalue weighted by Gasteiger charge is 2.21. The monoisotopic (exact) mass is 362 g/mol. The molecule has 24 heavy (non-hydrogen) atoms. The molecule has 0 bridgehead atoms. The molecule has 4 aromatic rings. The molecular formula is C17H11ClO5S. The Morgan fingerprint density at radius 2 is 1.38 bits per heavy atom. The van der Waals surface area contributed by atoms with Crippen molar-refractivity contribution >= 4 is 32.4 Å². The van der Waals surface area contributed by atoms with Gasteiger partial charge in [0.1, 0.15) is 4.70 Å². The Balaban J connectivity index is 0.000000300. The fraction of sp³-hybridized carbons (Fsp3) is 0. The lowest BCUT2D eigenvalue weighted by molar-refractivity contribution is -2.00. The molecule has 3 aromatic carbocycles. The van der Waals surface area contributed by atoms with Crippen molar-refractivity contribution in [3.05, 3.63) is 66.7 Å². The quantitative estimate of drug-likeness (QED) is 0.467. The van der Waals surface area contributed by atoms with E-state index >= 15 is 0 Å². The number of rotatable bonds is 1. The van der Waals surface area contributed by atoms with E-state index in [0.717, 1.165) is 10.7 Å². The van der Waals surface area contributed by atoms with Crippen molar-refractivity contribution in [3.8, 4) is 10.6 Å². The van der Waals surface area contributed by atoms with Gasteiger partial charge >= 0.3 is 10.7 Å². The Bertz CT molecular complexity index is 933. The van der Waals surface area contributed by atoms with Gasteiger partial charge < -0.3 is 0 Å². The molecule has 5 nitrogen and oxygen atoms in total. The first-order valence-corrected chi connectivity index (χ1v) is 8.88. The minimum absolute atomic E-state index is 0.954. The van der Waals surface area contributed by atoms with Gasteiger partial charge in [-0.3, -0.25) is 0 Å². The molecular weight excluding hydrogens is 352 g/mol. The average molecular weight is 363 g/mol.